The maximum Gasteiger partial charge on any atom is 0.227 e. The summed E-state index contributed by atoms with van der Waals surface area (Å²) in [5.41, 5.74) is 6.88. The van der Waals surface area contributed by atoms with Crippen LogP contribution in [0.5, 0.6) is 0 Å². The van der Waals surface area contributed by atoms with Gasteiger partial charge in [0.2, 0.25) is 5.91 Å². The number of rotatable bonds is 5. The monoisotopic (exact) mass is 212 g/mol. The number of aryl methyl sites for hydroxylation is 1. The van der Waals surface area contributed by atoms with E-state index in [9.17, 15) is 4.79 Å². The van der Waals surface area contributed by atoms with E-state index in [1.807, 2.05) is 6.92 Å². The summed E-state index contributed by atoms with van der Waals surface area (Å²) in [7, 11) is 0. The minimum atomic E-state index is -0.151. The molecule has 0 saturated heterocycles. The molecule has 6 heteroatoms. The summed E-state index contributed by atoms with van der Waals surface area (Å²) >= 11 is 0. The molecule has 0 unspecified atom stereocenters. The molecule has 1 aromatic rings. The Hall–Kier alpha value is -1.56. The summed E-state index contributed by atoms with van der Waals surface area (Å²) in [6.45, 7) is 4.69. The van der Waals surface area contributed by atoms with Crippen molar-refractivity contribution in [3.63, 3.8) is 0 Å². The quantitative estimate of drug-likeness (QED) is 0.625. The van der Waals surface area contributed by atoms with Crippen LogP contribution in [0, 0.1) is 6.92 Å². The van der Waals surface area contributed by atoms with E-state index in [1.54, 1.807) is 6.92 Å². The molecular formula is C9H16N4O2. The van der Waals surface area contributed by atoms with Gasteiger partial charge in [-0.1, -0.05) is 0 Å². The van der Waals surface area contributed by atoms with Gasteiger partial charge >= 0.3 is 0 Å². The fourth-order valence-corrected chi connectivity index (χ4v) is 1.04. The van der Waals surface area contributed by atoms with Crippen LogP contribution < -0.4 is 11.1 Å². The number of nitrogen functional groups attached to an aromatic ring is 1. The first-order chi connectivity index (χ1) is 7.15. The van der Waals surface area contributed by atoms with Crippen LogP contribution in [0.2, 0.25) is 0 Å². The largest absolute Gasteiger partial charge is 0.394 e. The Kier molecular flexibility index (Phi) is 4.11. The van der Waals surface area contributed by atoms with Crippen LogP contribution in [0.25, 0.3) is 0 Å². The molecule has 0 aliphatic heterocycles. The SMILES string of the molecule is CCOCCC(=O)Nc1n[nH]c(C)c1N. The van der Waals surface area contributed by atoms with Crippen molar-refractivity contribution in [3.05, 3.63) is 5.69 Å². The summed E-state index contributed by atoms with van der Waals surface area (Å²) in [6, 6.07) is 0. The number of hydrogen-bond donors (Lipinski definition) is 3. The van der Waals surface area contributed by atoms with E-state index in [0.717, 1.165) is 5.69 Å². The van der Waals surface area contributed by atoms with Gasteiger partial charge in [0.25, 0.3) is 0 Å². The molecule has 0 radical (unpaired) electrons. The van der Waals surface area contributed by atoms with E-state index < -0.39 is 0 Å². The van der Waals surface area contributed by atoms with Crippen molar-refractivity contribution in [2.45, 2.75) is 20.3 Å². The zero-order valence-electron chi connectivity index (χ0n) is 8.96. The number of nitrogens with two attached hydrogens (primary N) is 1. The smallest absolute Gasteiger partial charge is 0.227 e. The molecule has 0 aromatic carbocycles. The number of hydrogen-bond acceptors (Lipinski definition) is 4. The number of carbonyl (C=O) groups is 1. The Morgan fingerprint density at radius 2 is 2.40 bits per heavy atom. The van der Waals surface area contributed by atoms with Crippen molar-refractivity contribution in [2.75, 3.05) is 24.3 Å². The van der Waals surface area contributed by atoms with Crippen molar-refractivity contribution < 1.29 is 9.53 Å². The molecule has 1 aromatic heterocycles. The van der Waals surface area contributed by atoms with Crippen molar-refractivity contribution in [3.8, 4) is 0 Å². The predicted molar refractivity (Wildman–Crippen MR) is 57.5 cm³/mol. The van der Waals surface area contributed by atoms with E-state index in [1.165, 1.54) is 0 Å². The highest BCUT2D eigenvalue weighted by molar-refractivity contribution is 5.92. The number of ether oxygens (including phenoxy) is 1. The predicted octanol–water partition coefficient (Wildman–Crippen LogP) is 0.665. The lowest BCUT2D eigenvalue weighted by Gasteiger charge is -2.02. The number of amides is 1. The van der Waals surface area contributed by atoms with Crippen LogP contribution in [-0.2, 0) is 9.53 Å². The third-order valence-electron chi connectivity index (χ3n) is 1.93. The number of carbonyl (C=O) groups excluding carboxylic acids is 1. The average Bonchev–Trinajstić information content (AvgIpc) is 2.50. The van der Waals surface area contributed by atoms with Gasteiger partial charge in [0.15, 0.2) is 5.82 Å². The van der Waals surface area contributed by atoms with E-state index >= 15 is 0 Å². The fraction of sp³-hybridized carbons (Fsp3) is 0.556. The summed E-state index contributed by atoms with van der Waals surface area (Å²) in [5.74, 6) is 0.232. The zero-order chi connectivity index (χ0) is 11.3. The minimum Gasteiger partial charge on any atom is -0.394 e. The van der Waals surface area contributed by atoms with Gasteiger partial charge < -0.3 is 15.8 Å². The Labute approximate surface area is 88.2 Å². The molecule has 0 spiro atoms. The van der Waals surface area contributed by atoms with Crippen LogP contribution >= 0.6 is 0 Å². The van der Waals surface area contributed by atoms with Gasteiger partial charge in [0.1, 0.15) is 0 Å². The minimum absolute atomic E-state index is 0.151. The number of H-pyrrole nitrogens is 1. The molecule has 0 fully saturated rings. The highest BCUT2D eigenvalue weighted by Crippen LogP contribution is 2.17. The molecule has 1 rings (SSSR count). The van der Waals surface area contributed by atoms with Gasteiger partial charge in [-0.25, -0.2) is 0 Å². The van der Waals surface area contributed by atoms with Crippen molar-refractivity contribution in [2.24, 2.45) is 0 Å². The van der Waals surface area contributed by atoms with Gasteiger partial charge in [-0.15, -0.1) is 0 Å². The first-order valence-corrected chi connectivity index (χ1v) is 4.83. The molecule has 6 nitrogen and oxygen atoms in total. The lowest BCUT2D eigenvalue weighted by molar-refractivity contribution is -0.117. The topological polar surface area (TPSA) is 93.0 Å². The number of aromatic nitrogens is 2. The molecule has 0 aliphatic carbocycles. The van der Waals surface area contributed by atoms with Gasteiger partial charge in [-0.05, 0) is 13.8 Å². The second kappa shape index (κ2) is 5.35. The van der Waals surface area contributed by atoms with Crippen molar-refractivity contribution >= 4 is 17.4 Å². The Bertz CT molecular complexity index is 335. The van der Waals surface area contributed by atoms with E-state index in [4.69, 9.17) is 10.5 Å². The zero-order valence-corrected chi connectivity index (χ0v) is 8.96. The Morgan fingerprint density at radius 1 is 1.67 bits per heavy atom. The van der Waals surface area contributed by atoms with Gasteiger partial charge in [-0.3, -0.25) is 9.89 Å². The third kappa shape index (κ3) is 3.25. The van der Waals surface area contributed by atoms with Crippen LogP contribution in [-0.4, -0.2) is 29.3 Å². The van der Waals surface area contributed by atoms with Crippen LogP contribution in [0.4, 0.5) is 11.5 Å². The second-order valence-corrected chi connectivity index (χ2v) is 3.11. The number of nitrogens with zero attached hydrogens (tertiary/aromatic N) is 1. The maximum atomic E-state index is 11.3. The highest BCUT2D eigenvalue weighted by Gasteiger charge is 2.09. The van der Waals surface area contributed by atoms with Crippen LogP contribution in [0.15, 0.2) is 0 Å². The van der Waals surface area contributed by atoms with E-state index in [2.05, 4.69) is 15.5 Å². The fourth-order valence-electron chi connectivity index (χ4n) is 1.04. The standard InChI is InChI=1S/C9H16N4O2/c1-3-15-5-4-7(14)11-9-8(10)6(2)12-13-9/h3-5,10H2,1-2H3,(H2,11,12,13,14). The van der Waals surface area contributed by atoms with Crippen molar-refractivity contribution in [1.82, 2.24) is 10.2 Å². The van der Waals surface area contributed by atoms with Crippen LogP contribution in [0.3, 0.4) is 0 Å². The summed E-state index contributed by atoms with van der Waals surface area (Å²) in [6.07, 6.45) is 0.305. The lowest BCUT2D eigenvalue weighted by Crippen LogP contribution is -2.15. The number of anilines is 2. The Balaban J connectivity index is 2.41. The average molecular weight is 212 g/mol. The maximum absolute atomic E-state index is 11.3. The molecule has 0 saturated carbocycles. The molecule has 1 amide bonds. The van der Waals surface area contributed by atoms with Gasteiger partial charge in [-0.2, -0.15) is 5.10 Å². The molecule has 15 heavy (non-hydrogen) atoms. The molecule has 84 valence electrons. The van der Waals surface area contributed by atoms with Crippen LogP contribution in [0.1, 0.15) is 19.0 Å². The molecule has 4 N–H and O–H groups in total. The highest BCUT2D eigenvalue weighted by atomic mass is 16.5. The second-order valence-electron chi connectivity index (χ2n) is 3.11. The molecule has 0 aliphatic rings. The normalized spacial score (nSPS) is 10.3. The van der Waals surface area contributed by atoms with Gasteiger partial charge in [0, 0.05) is 6.61 Å². The summed E-state index contributed by atoms with van der Waals surface area (Å²) in [4.78, 5) is 11.3. The van der Waals surface area contributed by atoms with E-state index in [0.29, 0.717) is 31.1 Å². The summed E-state index contributed by atoms with van der Waals surface area (Å²) in [5, 5.41) is 9.15. The van der Waals surface area contributed by atoms with Gasteiger partial charge in [0.05, 0.1) is 24.4 Å². The molecular weight excluding hydrogens is 196 g/mol. The molecule has 1 heterocycles. The van der Waals surface area contributed by atoms with Crippen molar-refractivity contribution in [1.29, 1.82) is 0 Å². The first kappa shape index (κ1) is 11.5. The summed E-state index contributed by atoms with van der Waals surface area (Å²) < 4.78 is 5.06. The number of aromatic amines is 1. The first-order valence-electron chi connectivity index (χ1n) is 4.83. The Morgan fingerprint density at radius 3 is 2.93 bits per heavy atom. The molecule has 0 bridgehead atoms. The lowest BCUT2D eigenvalue weighted by atomic mass is 10.3. The van der Waals surface area contributed by atoms with E-state index in [-0.39, 0.29) is 5.91 Å². The number of nitrogens with one attached hydrogen (secondary N) is 2. The third-order valence-corrected chi connectivity index (χ3v) is 1.93. The molecule has 0 atom stereocenters.